The predicted octanol–water partition coefficient (Wildman–Crippen LogP) is 3.59. The van der Waals surface area contributed by atoms with Crippen LogP contribution in [0.3, 0.4) is 0 Å². The first-order chi connectivity index (χ1) is 7.26. The Bertz CT molecular complexity index is 308. The highest BCUT2D eigenvalue weighted by Crippen LogP contribution is 2.15. The summed E-state index contributed by atoms with van der Waals surface area (Å²) in [6.45, 7) is 1.84. The second-order valence-electron chi connectivity index (χ2n) is 3.41. The lowest BCUT2D eigenvalue weighted by atomic mass is 10.2. The second kappa shape index (κ2) is 6.94. The van der Waals surface area contributed by atoms with E-state index in [0.717, 1.165) is 13.1 Å². The van der Waals surface area contributed by atoms with E-state index in [9.17, 15) is 0 Å². The smallest absolute Gasteiger partial charge is 0.0234 e. The second-order valence-corrected chi connectivity index (χ2v) is 4.54. The molecule has 1 aromatic carbocycles. The van der Waals surface area contributed by atoms with Gasteiger partial charge in [0.05, 0.1) is 0 Å². The van der Waals surface area contributed by atoms with Crippen molar-refractivity contribution in [2.45, 2.75) is 11.4 Å². The summed E-state index contributed by atoms with van der Waals surface area (Å²) in [5, 5.41) is 0. The Labute approximate surface area is 101 Å². The van der Waals surface area contributed by atoms with Crippen LogP contribution in [0.1, 0.15) is 5.56 Å². The molecule has 0 saturated heterocycles. The van der Waals surface area contributed by atoms with E-state index in [1.807, 2.05) is 6.08 Å². The van der Waals surface area contributed by atoms with Gasteiger partial charge in [0.15, 0.2) is 0 Å². The molecule has 0 bridgehead atoms. The van der Waals surface area contributed by atoms with Crippen molar-refractivity contribution < 1.29 is 0 Å². The maximum atomic E-state index is 5.48. The van der Waals surface area contributed by atoms with E-state index in [1.165, 1.54) is 10.5 Å². The van der Waals surface area contributed by atoms with Crippen molar-refractivity contribution >= 4 is 23.4 Å². The molecule has 0 radical (unpaired) electrons. The Kier molecular flexibility index (Phi) is 5.84. The molecule has 1 rings (SSSR count). The number of hydrogen-bond donors (Lipinski definition) is 0. The number of likely N-dealkylation sites (N-methyl/N-ethyl adjacent to an activating group) is 1. The van der Waals surface area contributed by atoms with E-state index in [-0.39, 0.29) is 0 Å². The molecule has 0 unspecified atom stereocenters. The van der Waals surface area contributed by atoms with Crippen LogP contribution in [0.25, 0.3) is 0 Å². The molecule has 0 spiro atoms. The summed E-state index contributed by atoms with van der Waals surface area (Å²) in [5.41, 5.74) is 2.89. The quantitative estimate of drug-likeness (QED) is 0.725. The first-order valence-corrected chi connectivity index (χ1v) is 6.49. The fraction of sp³-hybridized carbons (Fsp3) is 0.333. The molecule has 0 saturated carbocycles. The van der Waals surface area contributed by atoms with Crippen molar-refractivity contribution in [2.24, 2.45) is 0 Å². The zero-order chi connectivity index (χ0) is 11.1. The van der Waals surface area contributed by atoms with Gasteiger partial charge in [-0.2, -0.15) is 0 Å². The average molecular weight is 242 g/mol. The third kappa shape index (κ3) is 4.74. The number of thioether (sulfide) groups is 1. The maximum absolute atomic E-state index is 5.48. The van der Waals surface area contributed by atoms with Gasteiger partial charge in [0.1, 0.15) is 0 Å². The molecule has 0 N–H and O–H groups in total. The van der Waals surface area contributed by atoms with Gasteiger partial charge in [-0.15, -0.1) is 11.8 Å². The minimum Gasteiger partial charge on any atom is -0.298 e. The first-order valence-electron chi connectivity index (χ1n) is 4.83. The molecular formula is C12H16ClNS. The van der Waals surface area contributed by atoms with Gasteiger partial charge < -0.3 is 0 Å². The molecule has 15 heavy (non-hydrogen) atoms. The van der Waals surface area contributed by atoms with Crippen LogP contribution < -0.4 is 0 Å². The minimum absolute atomic E-state index is 0.883. The largest absolute Gasteiger partial charge is 0.298 e. The molecule has 0 heterocycles. The summed E-state index contributed by atoms with van der Waals surface area (Å²) >= 11 is 7.25. The molecule has 0 fully saturated rings. The molecule has 0 aliphatic carbocycles. The van der Waals surface area contributed by atoms with Gasteiger partial charge in [-0.1, -0.05) is 29.8 Å². The molecule has 1 aromatic rings. The van der Waals surface area contributed by atoms with E-state index in [2.05, 4.69) is 42.5 Å². The fourth-order valence-corrected chi connectivity index (χ4v) is 1.81. The minimum atomic E-state index is 0.883. The standard InChI is InChI=1S/C12H16ClNS/c1-14(9-3-8-13)10-11-4-6-12(15-2)7-5-11/h3-8H,9-10H2,1-2H3/b8-3+. The molecule has 82 valence electrons. The van der Waals surface area contributed by atoms with Crippen LogP contribution >= 0.6 is 23.4 Å². The van der Waals surface area contributed by atoms with Crippen molar-refractivity contribution in [3.8, 4) is 0 Å². The molecule has 0 amide bonds. The summed E-state index contributed by atoms with van der Waals surface area (Å²) in [7, 11) is 2.08. The van der Waals surface area contributed by atoms with Crippen LogP contribution in [0.15, 0.2) is 40.8 Å². The van der Waals surface area contributed by atoms with Crippen molar-refractivity contribution in [1.29, 1.82) is 0 Å². The highest BCUT2D eigenvalue weighted by Gasteiger charge is 1.98. The monoisotopic (exact) mass is 241 g/mol. The Morgan fingerprint density at radius 3 is 2.53 bits per heavy atom. The van der Waals surface area contributed by atoms with Crippen LogP contribution in [0, 0.1) is 0 Å². The van der Waals surface area contributed by atoms with Gasteiger partial charge in [0, 0.05) is 23.5 Å². The number of halogens is 1. The summed E-state index contributed by atoms with van der Waals surface area (Å²) in [6, 6.07) is 8.66. The number of benzene rings is 1. The molecular weight excluding hydrogens is 226 g/mol. The molecule has 0 aliphatic rings. The van der Waals surface area contributed by atoms with Crippen LogP contribution in [0.5, 0.6) is 0 Å². The predicted molar refractivity (Wildman–Crippen MR) is 69.6 cm³/mol. The number of hydrogen-bond acceptors (Lipinski definition) is 2. The topological polar surface area (TPSA) is 3.24 Å². The molecule has 3 heteroatoms. The van der Waals surface area contributed by atoms with Gasteiger partial charge in [-0.05, 0) is 31.0 Å². The summed E-state index contributed by atoms with van der Waals surface area (Å²) in [4.78, 5) is 3.52. The van der Waals surface area contributed by atoms with E-state index in [0.29, 0.717) is 0 Å². The number of nitrogens with zero attached hydrogens (tertiary/aromatic N) is 1. The van der Waals surface area contributed by atoms with Gasteiger partial charge in [0.2, 0.25) is 0 Å². The van der Waals surface area contributed by atoms with Crippen LogP contribution in [0.4, 0.5) is 0 Å². The lowest BCUT2D eigenvalue weighted by Crippen LogP contribution is -2.17. The lowest BCUT2D eigenvalue weighted by Gasteiger charge is -2.14. The van der Waals surface area contributed by atoms with Crippen LogP contribution in [0.2, 0.25) is 0 Å². The molecule has 0 aromatic heterocycles. The van der Waals surface area contributed by atoms with Crippen molar-refractivity contribution in [1.82, 2.24) is 4.90 Å². The first kappa shape index (κ1) is 12.6. The Hall–Kier alpha value is -0.440. The van der Waals surface area contributed by atoms with Gasteiger partial charge in [-0.25, -0.2) is 0 Å². The van der Waals surface area contributed by atoms with Gasteiger partial charge in [-0.3, -0.25) is 4.90 Å². The van der Waals surface area contributed by atoms with E-state index in [1.54, 1.807) is 17.3 Å². The number of rotatable bonds is 5. The summed E-state index contributed by atoms with van der Waals surface area (Å²) in [6.07, 6.45) is 4.03. The Morgan fingerprint density at radius 2 is 2.00 bits per heavy atom. The Balaban J connectivity index is 2.49. The molecule has 1 nitrogen and oxygen atoms in total. The fourth-order valence-electron chi connectivity index (χ4n) is 1.33. The van der Waals surface area contributed by atoms with Crippen molar-refractivity contribution in [2.75, 3.05) is 19.8 Å². The zero-order valence-corrected chi connectivity index (χ0v) is 10.7. The zero-order valence-electron chi connectivity index (χ0n) is 9.11. The third-order valence-corrected chi connectivity index (χ3v) is 3.04. The van der Waals surface area contributed by atoms with E-state index >= 15 is 0 Å². The van der Waals surface area contributed by atoms with E-state index in [4.69, 9.17) is 11.6 Å². The highest BCUT2D eigenvalue weighted by atomic mass is 35.5. The summed E-state index contributed by atoms with van der Waals surface area (Å²) < 4.78 is 0. The van der Waals surface area contributed by atoms with Crippen molar-refractivity contribution in [3.63, 3.8) is 0 Å². The van der Waals surface area contributed by atoms with Crippen molar-refractivity contribution in [3.05, 3.63) is 41.4 Å². The molecule has 0 aliphatic heterocycles. The third-order valence-electron chi connectivity index (χ3n) is 2.12. The van der Waals surface area contributed by atoms with Gasteiger partial charge >= 0.3 is 0 Å². The average Bonchev–Trinajstić information content (AvgIpc) is 2.27. The SMILES string of the molecule is CSc1ccc(CN(C)C/C=C/Cl)cc1. The molecule has 0 atom stereocenters. The highest BCUT2D eigenvalue weighted by molar-refractivity contribution is 7.98. The summed E-state index contributed by atoms with van der Waals surface area (Å²) in [5.74, 6) is 0. The lowest BCUT2D eigenvalue weighted by molar-refractivity contribution is 0.363. The van der Waals surface area contributed by atoms with Crippen LogP contribution in [-0.4, -0.2) is 24.7 Å². The Morgan fingerprint density at radius 1 is 1.33 bits per heavy atom. The van der Waals surface area contributed by atoms with Gasteiger partial charge in [0.25, 0.3) is 0 Å². The van der Waals surface area contributed by atoms with E-state index < -0.39 is 0 Å². The maximum Gasteiger partial charge on any atom is 0.0234 e. The normalized spacial score (nSPS) is 11.5. The van der Waals surface area contributed by atoms with Crippen LogP contribution in [-0.2, 0) is 6.54 Å².